The van der Waals surface area contributed by atoms with Gasteiger partial charge in [-0.2, -0.15) is 0 Å². The topological polar surface area (TPSA) is 26.3 Å². The van der Waals surface area contributed by atoms with Gasteiger partial charge in [0, 0.05) is 0 Å². The predicted octanol–water partition coefficient (Wildman–Crippen LogP) is 8.27. The van der Waals surface area contributed by atoms with Gasteiger partial charge in [0.25, 0.3) is 0 Å². The molecule has 0 N–H and O–H groups in total. The van der Waals surface area contributed by atoms with Gasteiger partial charge >= 0.3 is 5.97 Å². The third kappa shape index (κ3) is 8.78. The summed E-state index contributed by atoms with van der Waals surface area (Å²) in [6.07, 6.45) is 0. The molecule has 0 amide bonds. The monoisotopic (exact) mass is 392 g/mol. The highest BCUT2D eigenvalue weighted by molar-refractivity contribution is 5.91. The third-order valence-corrected chi connectivity index (χ3v) is 3.74. The minimum atomic E-state index is -0.340. The number of benzene rings is 3. The second-order valence-electron chi connectivity index (χ2n) is 5.65. The highest BCUT2D eigenvalue weighted by Gasteiger charge is 2.08. The van der Waals surface area contributed by atoms with E-state index >= 15 is 0 Å². The Labute approximate surface area is 177 Å². The van der Waals surface area contributed by atoms with Crippen LogP contribution in [0.25, 0.3) is 11.1 Å². The summed E-state index contributed by atoms with van der Waals surface area (Å²) in [4.78, 5) is 12.1. The number of carbonyl (C=O) groups is 1. The molecule has 3 aromatic carbocycles. The number of hydrogen-bond acceptors (Lipinski definition) is 2. The van der Waals surface area contributed by atoms with Gasteiger partial charge in [-0.25, -0.2) is 4.79 Å². The summed E-state index contributed by atoms with van der Waals surface area (Å²) in [5.41, 5.74) is 5.15. The van der Waals surface area contributed by atoms with Gasteiger partial charge in [-0.1, -0.05) is 101 Å². The maximum Gasteiger partial charge on any atom is 0.343 e. The van der Waals surface area contributed by atoms with Crippen LogP contribution in [0, 0.1) is 13.8 Å². The van der Waals surface area contributed by atoms with Gasteiger partial charge in [0.2, 0.25) is 0 Å². The number of rotatable bonds is 3. The zero-order chi connectivity index (χ0) is 22.2. The molecule has 0 aliphatic heterocycles. The van der Waals surface area contributed by atoms with E-state index in [-0.39, 0.29) is 5.97 Å². The second kappa shape index (κ2) is 15.1. The molecule has 0 spiro atoms. The molecule has 3 rings (SSSR count). The zero-order valence-corrected chi connectivity index (χ0v) is 19.2. The first-order chi connectivity index (χ1) is 14.1. The lowest BCUT2D eigenvalue weighted by atomic mass is 10.0. The Balaban J connectivity index is 0.00000120. The number of ether oxygens (including phenoxy) is 1. The summed E-state index contributed by atoms with van der Waals surface area (Å²) in [7, 11) is 0. The molecule has 0 aliphatic rings. The molecule has 0 unspecified atom stereocenters. The average molecular weight is 393 g/mol. The van der Waals surface area contributed by atoms with Crippen LogP contribution in [0.15, 0.2) is 72.8 Å². The van der Waals surface area contributed by atoms with Crippen LogP contribution in [-0.2, 0) is 0 Å². The zero-order valence-electron chi connectivity index (χ0n) is 19.2. The van der Waals surface area contributed by atoms with Gasteiger partial charge in [0.05, 0.1) is 5.56 Å². The molecule has 0 saturated heterocycles. The molecule has 2 nitrogen and oxygen atoms in total. The quantitative estimate of drug-likeness (QED) is 0.331. The lowest BCUT2D eigenvalue weighted by molar-refractivity contribution is 0.0735. The molecule has 29 heavy (non-hydrogen) atoms. The molecule has 3 aromatic rings. The number of aryl methyl sites for hydroxylation is 2. The molecular weight excluding hydrogens is 356 g/mol. The van der Waals surface area contributed by atoms with E-state index < -0.39 is 0 Å². The van der Waals surface area contributed by atoms with E-state index in [1.165, 1.54) is 5.56 Å². The number of carbonyl (C=O) groups excluding carboxylic acids is 1. The molecule has 156 valence electrons. The van der Waals surface area contributed by atoms with Crippen molar-refractivity contribution in [2.75, 3.05) is 0 Å². The van der Waals surface area contributed by atoms with Crippen LogP contribution >= 0.6 is 0 Å². The van der Waals surface area contributed by atoms with Crippen LogP contribution < -0.4 is 4.74 Å². The van der Waals surface area contributed by atoms with Gasteiger partial charge in [-0.05, 0) is 49.2 Å². The standard InChI is InChI=1S/C21H18O2.3C2H6/c1-15-3-7-17(8-4-15)18-11-13-20(14-12-18)23-21(22)19-9-5-16(2)6-10-19;3*1-2/h3-14H,1-2H3;3*1-2H3. The molecule has 2 heteroatoms. The number of esters is 1. The van der Waals surface area contributed by atoms with Crippen LogP contribution in [0.5, 0.6) is 5.75 Å². The van der Waals surface area contributed by atoms with Crippen LogP contribution in [0.1, 0.15) is 63.0 Å². The summed E-state index contributed by atoms with van der Waals surface area (Å²) in [6.45, 7) is 16.1. The Hall–Kier alpha value is -2.87. The predicted molar refractivity (Wildman–Crippen MR) is 127 cm³/mol. The molecule has 0 bridgehead atoms. The SMILES string of the molecule is CC.CC.CC.Cc1ccc(C(=O)Oc2ccc(-c3ccc(C)cc3)cc2)cc1. The Kier molecular flexibility index (Phi) is 13.6. The van der Waals surface area contributed by atoms with E-state index in [1.807, 2.05) is 84.9 Å². The van der Waals surface area contributed by atoms with Crippen molar-refractivity contribution in [2.24, 2.45) is 0 Å². The molecular formula is C27H36O2. The van der Waals surface area contributed by atoms with Crippen LogP contribution in [-0.4, -0.2) is 5.97 Å². The summed E-state index contributed by atoms with van der Waals surface area (Å²) in [5.74, 6) is 0.208. The fraction of sp³-hybridized carbons (Fsp3) is 0.296. The molecule has 0 saturated carbocycles. The van der Waals surface area contributed by atoms with Gasteiger partial charge in [0.15, 0.2) is 0 Å². The summed E-state index contributed by atoms with van der Waals surface area (Å²) in [5, 5.41) is 0. The lowest BCUT2D eigenvalue weighted by Gasteiger charge is -2.07. The maximum absolute atomic E-state index is 12.1. The molecule has 0 radical (unpaired) electrons. The van der Waals surface area contributed by atoms with Crippen LogP contribution in [0.4, 0.5) is 0 Å². The van der Waals surface area contributed by atoms with Gasteiger partial charge in [-0.3, -0.25) is 0 Å². The van der Waals surface area contributed by atoms with Gasteiger partial charge in [-0.15, -0.1) is 0 Å². The number of hydrogen-bond donors (Lipinski definition) is 0. The smallest absolute Gasteiger partial charge is 0.343 e. The van der Waals surface area contributed by atoms with Crippen molar-refractivity contribution < 1.29 is 9.53 Å². The van der Waals surface area contributed by atoms with Gasteiger partial charge < -0.3 is 4.74 Å². The molecule has 0 aromatic heterocycles. The van der Waals surface area contributed by atoms with Crippen molar-refractivity contribution in [3.63, 3.8) is 0 Å². The Bertz CT molecular complexity index is 799. The maximum atomic E-state index is 12.1. The van der Waals surface area contributed by atoms with Crippen molar-refractivity contribution in [3.05, 3.63) is 89.5 Å². The van der Waals surface area contributed by atoms with E-state index in [0.29, 0.717) is 11.3 Å². The van der Waals surface area contributed by atoms with Crippen molar-refractivity contribution in [1.29, 1.82) is 0 Å². The normalized spacial score (nSPS) is 8.83. The van der Waals surface area contributed by atoms with E-state index in [1.54, 1.807) is 12.1 Å². The summed E-state index contributed by atoms with van der Waals surface area (Å²) < 4.78 is 5.41. The molecule has 0 atom stereocenters. The first kappa shape index (κ1) is 26.1. The van der Waals surface area contributed by atoms with Crippen LogP contribution in [0.2, 0.25) is 0 Å². The van der Waals surface area contributed by atoms with E-state index in [4.69, 9.17) is 4.74 Å². The molecule has 0 fully saturated rings. The second-order valence-corrected chi connectivity index (χ2v) is 5.65. The van der Waals surface area contributed by atoms with Crippen molar-refractivity contribution in [2.45, 2.75) is 55.4 Å². The minimum Gasteiger partial charge on any atom is -0.423 e. The van der Waals surface area contributed by atoms with Crippen molar-refractivity contribution >= 4 is 5.97 Å². The largest absolute Gasteiger partial charge is 0.423 e. The fourth-order valence-corrected chi connectivity index (χ4v) is 2.32. The average Bonchev–Trinajstić information content (AvgIpc) is 2.79. The highest BCUT2D eigenvalue weighted by Crippen LogP contribution is 2.23. The van der Waals surface area contributed by atoms with Gasteiger partial charge in [0.1, 0.15) is 5.75 Å². The lowest BCUT2D eigenvalue weighted by Crippen LogP contribution is -2.08. The first-order valence-electron chi connectivity index (χ1n) is 10.6. The first-order valence-corrected chi connectivity index (χ1v) is 10.6. The Morgan fingerprint density at radius 2 is 0.897 bits per heavy atom. The summed E-state index contributed by atoms with van der Waals surface area (Å²) in [6, 6.07) is 23.3. The van der Waals surface area contributed by atoms with E-state index in [0.717, 1.165) is 16.7 Å². The van der Waals surface area contributed by atoms with Crippen molar-refractivity contribution in [1.82, 2.24) is 0 Å². The Morgan fingerprint density at radius 1 is 0.552 bits per heavy atom. The van der Waals surface area contributed by atoms with Crippen LogP contribution in [0.3, 0.4) is 0 Å². The summed E-state index contributed by atoms with van der Waals surface area (Å²) >= 11 is 0. The fourth-order valence-electron chi connectivity index (χ4n) is 2.32. The molecule has 0 heterocycles. The minimum absolute atomic E-state index is 0.340. The third-order valence-electron chi connectivity index (χ3n) is 3.74. The molecule has 0 aliphatic carbocycles. The van der Waals surface area contributed by atoms with Crippen molar-refractivity contribution in [3.8, 4) is 16.9 Å². The highest BCUT2D eigenvalue weighted by atomic mass is 16.5. The van der Waals surface area contributed by atoms with E-state index in [9.17, 15) is 4.79 Å². The van der Waals surface area contributed by atoms with E-state index in [2.05, 4.69) is 31.2 Å². The Morgan fingerprint density at radius 3 is 1.31 bits per heavy atom.